The number of nitrogens with one attached hydrogen (secondary N) is 1. The number of hydrogen-bond acceptors (Lipinski definition) is 6. The van der Waals surface area contributed by atoms with Crippen LogP contribution in [0.4, 0.5) is 11.8 Å². The van der Waals surface area contributed by atoms with Gasteiger partial charge in [0.05, 0.1) is 5.56 Å². The topological polar surface area (TPSA) is 74.2 Å². The fraction of sp³-hybridized carbons (Fsp3) is 0.545. The van der Waals surface area contributed by atoms with Gasteiger partial charge >= 0.3 is 0 Å². The number of carbonyl (C=O) groups is 1. The Bertz CT molecular complexity index is 876. The second-order valence-electron chi connectivity index (χ2n) is 8.25. The van der Waals surface area contributed by atoms with Crippen LogP contribution >= 0.6 is 0 Å². The summed E-state index contributed by atoms with van der Waals surface area (Å²) in [4.78, 5) is 30.6. The average Bonchev–Trinajstić information content (AvgIpc) is 3.58. The minimum absolute atomic E-state index is 0.00168. The molecule has 0 atom stereocenters. The molecule has 1 aliphatic heterocycles. The van der Waals surface area contributed by atoms with E-state index in [-0.39, 0.29) is 5.91 Å². The molecule has 2 aromatic heterocycles. The van der Waals surface area contributed by atoms with E-state index in [0.717, 1.165) is 73.4 Å². The van der Waals surface area contributed by atoms with Gasteiger partial charge in [0.1, 0.15) is 5.82 Å². The smallest absolute Gasteiger partial charge is 0.257 e. The zero-order valence-electron chi connectivity index (χ0n) is 17.6. The predicted molar refractivity (Wildman–Crippen MR) is 114 cm³/mol. The van der Waals surface area contributed by atoms with Crippen LogP contribution < -0.4 is 10.2 Å². The van der Waals surface area contributed by atoms with Crippen molar-refractivity contribution in [2.75, 3.05) is 43.9 Å². The van der Waals surface area contributed by atoms with Crippen LogP contribution in [0, 0.1) is 5.92 Å². The largest absolute Gasteiger partial charge is 0.369 e. The van der Waals surface area contributed by atoms with Gasteiger partial charge in [0.25, 0.3) is 5.91 Å². The molecule has 0 saturated heterocycles. The molecule has 2 aromatic rings. The third kappa shape index (κ3) is 4.49. The lowest BCUT2D eigenvalue weighted by Gasteiger charge is -2.19. The highest BCUT2D eigenvalue weighted by Gasteiger charge is 2.25. The Labute approximate surface area is 172 Å². The average molecular weight is 395 g/mol. The van der Waals surface area contributed by atoms with Crippen molar-refractivity contribution in [1.82, 2.24) is 19.9 Å². The second-order valence-corrected chi connectivity index (χ2v) is 8.25. The lowest BCUT2D eigenvalue weighted by molar-refractivity contribution is 0.0828. The summed E-state index contributed by atoms with van der Waals surface area (Å²) in [6.45, 7) is 4.65. The second kappa shape index (κ2) is 8.35. The SMILES string of the molecule is CCc1cnc(N2CCc3cc(C(=O)N(C)C)c(NCC4CC4)nc3CC2)nc1. The number of aromatic nitrogens is 3. The van der Waals surface area contributed by atoms with Gasteiger partial charge in [0.2, 0.25) is 5.95 Å². The van der Waals surface area contributed by atoms with Crippen molar-refractivity contribution in [3.05, 3.63) is 40.8 Å². The molecule has 0 radical (unpaired) electrons. The Morgan fingerprint density at radius 1 is 1.21 bits per heavy atom. The van der Waals surface area contributed by atoms with E-state index in [1.807, 2.05) is 18.5 Å². The van der Waals surface area contributed by atoms with Crippen molar-refractivity contribution in [2.45, 2.75) is 39.0 Å². The summed E-state index contributed by atoms with van der Waals surface area (Å²) in [5.74, 6) is 2.22. The van der Waals surface area contributed by atoms with Crippen LogP contribution in [0.1, 0.15) is 46.9 Å². The first-order valence-electron chi connectivity index (χ1n) is 10.6. The number of amides is 1. The maximum Gasteiger partial charge on any atom is 0.257 e. The van der Waals surface area contributed by atoms with Crippen molar-refractivity contribution in [3.8, 4) is 0 Å². The van der Waals surface area contributed by atoms with E-state index >= 15 is 0 Å². The van der Waals surface area contributed by atoms with Crippen LogP contribution in [-0.2, 0) is 19.3 Å². The first-order chi connectivity index (χ1) is 14.0. The fourth-order valence-electron chi connectivity index (χ4n) is 3.63. The minimum Gasteiger partial charge on any atom is -0.369 e. The first kappa shape index (κ1) is 19.6. The molecular formula is C22H30N6O. The minimum atomic E-state index is -0.00168. The summed E-state index contributed by atoms with van der Waals surface area (Å²) in [7, 11) is 3.58. The third-order valence-corrected chi connectivity index (χ3v) is 5.74. The monoisotopic (exact) mass is 394 g/mol. The summed E-state index contributed by atoms with van der Waals surface area (Å²) < 4.78 is 0. The first-order valence-corrected chi connectivity index (χ1v) is 10.6. The van der Waals surface area contributed by atoms with E-state index in [1.165, 1.54) is 12.8 Å². The number of hydrogen-bond donors (Lipinski definition) is 1. The molecular weight excluding hydrogens is 364 g/mol. The number of nitrogens with zero attached hydrogens (tertiary/aromatic N) is 5. The summed E-state index contributed by atoms with van der Waals surface area (Å²) in [5, 5.41) is 3.44. The summed E-state index contributed by atoms with van der Waals surface area (Å²) >= 11 is 0. The molecule has 1 amide bonds. The van der Waals surface area contributed by atoms with Gasteiger partial charge < -0.3 is 15.1 Å². The van der Waals surface area contributed by atoms with Crippen molar-refractivity contribution in [2.24, 2.45) is 5.92 Å². The van der Waals surface area contributed by atoms with Crippen LogP contribution in [0.3, 0.4) is 0 Å². The van der Waals surface area contributed by atoms with Crippen LogP contribution in [0.2, 0.25) is 0 Å². The predicted octanol–water partition coefficient (Wildman–Crippen LogP) is 2.56. The molecule has 29 heavy (non-hydrogen) atoms. The number of pyridine rings is 1. The van der Waals surface area contributed by atoms with Crippen molar-refractivity contribution in [1.29, 1.82) is 0 Å². The van der Waals surface area contributed by atoms with E-state index in [1.54, 1.807) is 19.0 Å². The van der Waals surface area contributed by atoms with E-state index in [9.17, 15) is 4.79 Å². The van der Waals surface area contributed by atoms with Gasteiger partial charge in [0, 0.05) is 58.2 Å². The van der Waals surface area contributed by atoms with Crippen LogP contribution in [-0.4, -0.2) is 59.5 Å². The lowest BCUT2D eigenvalue weighted by Crippen LogP contribution is -2.27. The van der Waals surface area contributed by atoms with Gasteiger partial charge in [-0.15, -0.1) is 0 Å². The van der Waals surface area contributed by atoms with E-state index < -0.39 is 0 Å². The summed E-state index contributed by atoms with van der Waals surface area (Å²) in [5.41, 5.74) is 4.05. The normalized spacial score (nSPS) is 16.2. The molecule has 1 aliphatic carbocycles. The number of rotatable bonds is 6. The quantitative estimate of drug-likeness (QED) is 0.812. The number of aryl methyl sites for hydroxylation is 1. The molecule has 1 fully saturated rings. The Morgan fingerprint density at radius 2 is 1.93 bits per heavy atom. The highest BCUT2D eigenvalue weighted by Crippen LogP contribution is 2.30. The molecule has 7 nitrogen and oxygen atoms in total. The Morgan fingerprint density at radius 3 is 2.59 bits per heavy atom. The zero-order valence-corrected chi connectivity index (χ0v) is 17.6. The molecule has 4 rings (SSSR count). The zero-order chi connectivity index (χ0) is 20.4. The maximum atomic E-state index is 12.8. The summed E-state index contributed by atoms with van der Waals surface area (Å²) in [6, 6.07) is 2.05. The number of carbonyl (C=O) groups excluding carboxylic acids is 1. The van der Waals surface area contributed by atoms with Crippen molar-refractivity contribution >= 4 is 17.7 Å². The molecule has 0 bridgehead atoms. The molecule has 7 heteroatoms. The van der Waals surface area contributed by atoms with Gasteiger partial charge in [-0.05, 0) is 48.8 Å². The standard InChI is InChI=1S/C22H30N6O/c1-4-15-12-24-22(25-13-15)28-9-7-17-11-18(21(29)27(2)3)20(23-14-16-5-6-16)26-19(17)8-10-28/h11-13,16H,4-10,14H2,1-3H3,(H,23,26). The fourth-order valence-corrected chi connectivity index (χ4v) is 3.63. The molecule has 1 N–H and O–H groups in total. The van der Waals surface area contributed by atoms with Crippen LogP contribution in [0.25, 0.3) is 0 Å². The molecule has 3 heterocycles. The van der Waals surface area contributed by atoms with Crippen molar-refractivity contribution in [3.63, 3.8) is 0 Å². The molecule has 1 saturated carbocycles. The number of fused-ring (bicyclic) bond motifs is 1. The van der Waals surface area contributed by atoms with Gasteiger partial charge in [-0.2, -0.15) is 0 Å². The van der Waals surface area contributed by atoms with Crippen LogP contribution in [0.5, 0.6) is 0 Å². The van der Waals surface area contributed by atoms with Gasteiger partial charge in [-0.3, -0.25) is 4.79 Å². The van der Waals surface area contributed by atoms with E-state index in [2.05, 4.69) is 27.1 Å². The highest BCUT2D eigenvalue weighted by molar-refractivity contribution is 5.98. The Hall–Kier alpha value is -2.70. The molecule has 2 aliphatic rings. The lowest BCUT2D eigenvalue weighted by atomic mass is 10.0. The molecule has 0 unspecified atom stereocenters. The van der Waals surface area contributed by atoms with E-state index in [4.69, 9.17) is 4.98 Å². The van der Waals surface area contributed by atoms with Gasteiger partial charge in [-0.25, -0.2) is 15.0 Å². The Balaban J connectivity index is 1.57. The molecule has 154 valence electrons. The maximum absolute atomic E-state index is 12.8. The Kier molecular flexibility index (Phi) is 5.65. The molecule has 0 spiro atoms. The highest BCUT2D eigenvalue weighted by atomic mass is 16.2. The van der Waals surface area contributed by atoms with Crippen molar-refractivity contribution < 1.29 is 4.79 Å². The van der Waals surface area contributed by atoms with Crippen LogP contribution in [0.15, 0.2) is 18.5 Å². The molecule has 0 aromatic carbocycles. The van der Waals surface area contributed by atoms with E-state index in [0.29, 0.717) is 5.56 Å². The third-order valence-electron chi connectivity index (χ3n) is 5.74. The van der Waals surface area contributed by atoms with Gasteiger partial charge in [-0.1, -0.05) is 6.92 Å². The van der Waals surface area contributed by atoms with Gasteiger partial charge in [0.15, 0.2) is 0 Å². The number of anilines is 2. The summed E-state index contributed by atoms with van der Waals surface area (Å²) in [6.07, 6.45) is 8.94.